The number of methoxy groups -OCH3 is 2. The van der Waals surface area contributed by atoms with E-state index in [2.05, 4.69) is 5.32 Å². The molecule has 2 saturated heterocycles. The highest BCUT2D eigenvalue weighted by Crippen LogP contribution is 2.38. The standard InChI is InChI=1S/C22H31N3O6/c1-4-19(26)24-11-8-22(9-12-24)25(18(15-31-22)20(27)23-10-13-29-2)21(28)16-6-5-7-17(14-16)30-3/h5-7,14,18H,4,8-13,15H2,1-3H3,(H,23,27). The molecule has 3 amide bonds. The van der Waals surface area contributed by atoms with Crippen LogP contribution in [0.3, 0.4) is 0 Å². The molecule has 0 saturated carbocycles. The van der Waals surface area contributed by atoms with E-state index in [1.807, 2.05) is 6.92 Å². The largest absolute Gasteiger partial charge is 0.497 e. The van der Waals surface area contributed by atoms with Crippen LogP contribution in [-0.2, 0) is 19.1 Å². The average Bonchev–Trinajstić information content (AvgIpc) is 3.17. The van der Waals surface area contributed by atoms with Gasteiger partial charge in [0.2, 0.25) is 11.8 Å². The van der Waals surface area contributed by atoms with Crippen molar-refractivity contribution in [3.63, 3.8) is 0 Å². The van der Waals surface area contributed by atoms with Crippen LogP contribution in [0.15, 0.2) is 24.3 Å². The predicted molar refractivity (Wildman–Crippen MR) is 113 cm³/mol. The molecule has 1 atom stereocenters. The number of piperidine rings is 1. The van der Waals surface area contributed by atoms with Gasteiger partial charge >= 0.3 is 0 Å². The number of carbonyl (C=O) groups is 3. The number of amides is 3. The molecule has 1 aromatic rings. The molecule has 0 aromatic heterocycles. The van der Waals surface area contributed by atoms with Gasteiger partial charge in [0.05, 0.1) is 20.3 Å². The number of nitrogens with zero attached hydrogens (tertiary/aromatic N) is 2. The molecule has 0 radical (unpaired) electrons. The maximum atomic E-state index is 13.6. The maximum Gasteiger partial charge on any atom is 0.257 e. The van der Waals surface area contributed by atoms with Crippen LogP contribution in [0.25, 0.3) is 0 Å². The van der Waals surface area contributed by atoms with Gasteiger partial charge in [-0.1, -0.05) is 13.0 Å². The Labute approximate surface area is 182 Å². The Kier molecular flexibility index (Phi) is 7.50. The number of rotatable bonds is 7. The van der Waals surface area contributed by atoms with E-state index in [4.69, 9.17) is 14.2 Å². The van der Waals surface area contributed by atoms with Crippen LogP contribution in [-0.4, -0.2) is 86.4 Å². The van der Waals surface area contributed by atoms with Crippen molar-refractivity contribution in [3.05, 3.63) is 29.8 Å². The fourth-order valence-electron chi connectivity index (χ4n) is 4.19. The van der Waals surface area contributed by atoms with Crippen molar-refractivity contribution in [3.8, 4) is 5.75 Å². The van der Waals surface area contributed by atoms with E-state index in [1.165, 1.54) is 7.11 Å². The lowest BCUT2D eigenvalue weighted by atomic mass is 9.96. The molecule has 2 fully saturated rings. The highest BCUT2D eigenvalue weighted by Gasteiger charge is 2.54. The lowest BCUT2D eigenvalue weighted by molar-refractivity contribution is -0.143. The summed E-state index contributed by atoms with van der Waals surface area (Å²) < 4.78 is 16.4. The molecule has 0 aliphatic carbocycles. The lowest BCUT2D eigenvalue weighted by Gasteiger charge is -2.44. The molecule has 31 heavy (non-hydrogen) atoms. The molecule has 2 aliphatic rings. The number of carbonyl (C=O) groups excluding carboxylic acids is 3. The van der Waals surface area contributed by atoms with Crippen molar-refractivity contribution in [2.45, 2.75) is 38.0 Å². The monoisotopic (exact) mass is 433 g/mol. The van der Waals surface area contributed by atoms with E-state index < -0.39 is 11.8 Å². The number of ether oxygens (including phenoxy) is 3. The maximum absolute atomic E-state index is 13.6. The quantitative estimate of drug-likeness (QED) is 0.645. The van der Waals surface area contributed by atoms with Crippen LogP contribution in [0.2, 0.25) is 0 Å². The molecular formula is C22H31N3O6. The molecule has 1 spiro atoms. The van der Waals surface area contributed by atoms with Gasteiger partial charge in [0, 0.05) is 51.6 Å². The van der Waals surface area contributed by atoms with E-state index in [9.17, 15) is 14.4 Å². The third kappa shape index (κ3) is 4.83. The third-order valence-electron chi connectivity index (χ3n) is 5.90. The summed E-state index contributed by atoms with van der Waals surface area (Å²) in [5, 5.41) is 2.82. The van der Waals surface area contributed by atoms with Crippen LogP contribution in [0, 0.1) is 0 Å². The van der Waals surface area contributed by atoms with Crippen LogP contribution < -0.4 is 10.1 Å². The zero-order valence-corrected chi connectivity index (χ0v) is 18.4. The highest BCUT2D eigenvalue weighted by atomic mass is 16.5. The van der Waals surface area contributed by atoms with Gasteiger partial charge in [0.1, 0.15) is 17.5 Å². The minimum Gasteiger partial charge on any atom is -0.497 e. The fourth-order valence-corrected chi connectivity index (χ4v) is 4.19. The molecule has 1 N–H and O–H groups in total. The SMILES string of the molecule is CCC(=O)N1CCC2(CC1)OCC(C(=O)NCCOC)N2C(=O)c1cccc(OC)c1. The molecular weight excluding hydrogens is 402 g/mol. The van der Waals surface area contributed by atoms with Crippen molar-refractivity contribution in [1.29, 1.82) is 0 Å². The van der Waals surface area contributed by atoms with Crippen molar-refractivity contribution in [2.75, 3.05) is 47.1 Å². The first-order chi connectivity index (χ1) is 15.0. The van der Waals surface area contributed by atoms with Gasteiger partial charge in [-0.2, -0.15) is 0 Å². The van der Waals surface area contributed by atoms with Crippen molar-refractivity contribution < 1.29 is 28.6 Å². The molecule has 2 aliphatic heterocycles. The van der Waals surface area contributed by atoms with E-state index in [-0.39, 0.29) is 24.3 Å². The van der Waals surface area contributed by atoms with Crippen molar-refractivity contribution in [2.24, 2.45) is 0 Å². The normalized spacial score (nSPS) is 20.0. The highest BCUT2D eigenvalue weighted by molar-refractivity contribution is 5.98. The lowest BCUT2D eigenvalue weighted by Crippen LogP contribution is -2.60. The molecule has 1 unspecified atom stereocenters. The minimum atomic E-state index is -0.923. The first kappa shape index (κ1) is 23.0. The summed E-state index contributed by atoms with van der Waals surface area (Å²) in [6, 6.07) is 6.10. The summed E-state index contributed by atoms with van der Waals surface area (Å²) in [6.45, 7) is 3.62. The second-order valence-electron chi connectivity index (χ2n) is 7.70. The summed E-state index contributed by atoms with van der Waals surface area (Å²) >= 11 is 0. The Hall–Kier alpha value is -2.65. The Morgan fingerprint density at radius 1 is 1.23 bits per heavy atom. The Morgan fingerprint density at radius 3 is 2.61 bits per heavy atom. The van der Waals surface area contributed by atoms with Crippen LogP contribution in [0.1, 0.15) is 36.5 Å². The average molecular weight is 434 g/mol. The first-order valence-corrected chi connectivity index (χ1v) is 10.6. The Bertz CT molecular complexity index is 806. The van der Waals surface area contributed by atoms with Crippen LogP contribution in [0.5, 0.6) is 5.75 Å². The molecule has 9 nitrogen and oxygen atoms in total. The van der Waals surface area contributed by atoms with Gasteiger partial charge in [-0.3, -0.25) is 19.3 Å². The molecule has 2 heterocycles. The zero-order chi connectivity index (χ0) is 22.4. The number of benzene rings is 1. The van der Waals surface area contributed by atoms with Gasteiger partial charge < -0.3 is 24.4 Å². The van der Waals surface area contributed by atoms with Crippen LogP contribution >= 0.6 is 0 Å². The van der Waals surface area contributed by atoms with Gasteiger partial charge in [-0.05, 0) is 18.2 Å². The summed E-state index contributed by atoms with van der Waals surface area (Å²) in [7, 11) is 3.10. The van der Waals surface area contributed by atoms with E-state index in [0.717, 1.165) is 0 Å². The van der Waals surface area contributed by atoms with E-state index in [0.29, 0.717) is 56.8 Å². The van der Waals surface area contributed by atoms with Gasteiger partial charge in [-0.15, -0.1) is 0 Å². The number of likely N-dealkylation sites (tertiary alicyclic amines) is 1. The molecule has 0 bridgehead atoms. The van der Waals surface area contributed by atoms with Crippen molar-refractivity contribution in [1.82, 2.24) is 15.1 Å². The third-order valence-corrected chi connectivity index (χ3v) is 5.90. The number of nitrogens with one attached hydrogen (secondary N) is 1. The summed E-state index contributed by atoms with van der Waals surface area (Å²) in [4.78, 5) is 42.0. The minimum absolute atomic E-state index is 0.0763. The second-order valence-corrected chi connectivity index (χ2v) is 7.70. The van der Waals surface area contributed by atoms with E-state index >= 15 is 0 Å². The van der Waals surface area contributed by atoms with Crippen molar-refractivity contribution >= 4 is 17.7 Å². The fraction of sp³-hybridized carbons (Fsp3) is 0.591. The summed E-state index contributed by atoms with van der Waals surface area (Å²) in [6.07, 6.45) is 1.34. The summed E-state index contributed by atoms with van der Waals surface area (Å²) in [5.41, 5.74) is -0.500. The number of hydrogen-bond acceptors (Lipinski definition) is 6. The summed E-state index contributed by atoms with van der Waals surface area (Å²) in [5.74, 6) is 0.0626. The molecule has 9 heteroatoms. The van der Waals surface area contributed by atoms with Gasteiger partial charge in [-0.25, -0.2) is 0 Å². The molecule has 3 rings (SSSR count). The Balaban J connectivity index is 1.87. The topological polar surface area (TPSA) is 97.4 Å². The second kappa shape index (κ2) is 10.1. The molecule has 170 valence electrons. The first-order valence-electron chi connectivity index (χ1n) is 10.6. The molecule has 1 aromatic carbocycles. The Morgan fingerprint density at radius 2 is 1.97 bits per heavy atom. The number of hydrogen-bond donors (Lipinski definition) is 1. The smallest absolute Gasteiger partial charge is 0.257 e. The van der Waals surface area contributed by atoms with Gasteiger partial charge in [0.15, 0.2) is 0 Å². The van der Waals surface area contributed by atoms with E-state index in [1.54, 1.807) is 41.2 Å². The predicted octanol–water partition coefficient (Wildman–Crippen LogP) is 1.03. The van der Waals surface area contributed by atoms with Gasteiger partial charge in [0.25, 0.3) is 5.91 Å². The van der Waals surface area contributed by atoms with Crippen LogP contribution in [0.4, 0.5) is 0 Å². The zero-order valence-electron chi connectivity index (χ0n) is 18.4.